The largest absolute Gasteiger partial charge is 0.448 e. The van der Waals surface area contributed by atoms with Crippen molar-refractivity contribution in [2.45, 2.75) is 6.92 Å². The molecule has 9 heavy (non-hydrogen) atoms. The number of hydrogen-bond donors (Lipinski definition) is 1. The molecular formula is C2H4NaO5S. The van der Waals surface area contributed by atoms with Gasteiger partial charge in [-0.1, -0.05) is 0 Å². The van der Waals surface area contributed by atoms with Gasteiger partial charge >= 0.3 is 16.4 Å². The van der Waals surface area contributed by atoms with Gasteiger partial charge in [0, 0.05) is 36.5 Å². The fraction of sp³-hybridized carbons (Fsp3) is 0.500. The molecule has 0 saturated carbocycles. The van der Waals surface area contributed by atoms with E-state index in [9.17, 15) is 13.2 Å². The predicted molar refractivity (Wildman–Crippen MR) is 29.1 cm³/mol. The van der Waals surface area contributed by atoms with E-state index in [1.54, 1.807) is 0 Å². The summed E-state index contributed by atoms with van der Waals surface area (Å²) >= 11 is 0. The fourth-order valence-corrected chi connectivity index (χ4v) is 0.445. The first-order valence-corrected chi connectivity index (χ1v) is 2.96. The topological polar surface area (TPSA) is 80.7 Å². The molecule has 0 amide bonds. The molecule has 1 N–H and O–H groups in total. The number of carbonyl (C=O) groups is 1. The molecule has 0 fully saturated rings. The van der Waals surface area contributed by atoms with Crippen molar-refractivity contribution in [3.05, 3.63) is 0 Å². The Hall–Kier alpha value is 0.380. The average molecular weight is 163 g/mol. The number of rotatable bonds is 1. The molecule has 0 bridgehead atoms. The van der Waals surface area contributed by atoms with Crippen LogP contribution in [-0.4, -0.2) is 48.5 Å². The second kappa shape index (κ2) is 4.24. The Kier molecular flexibility index (Phi) is 5.69. The van der Waals surface area contributed by atoms with E-state index in [2.05, 4.69) is 4.18 Å². The van der Waals surface area contributed by atoms with E-state index in [0.717, 1.165) is 6.92 Å². The summed E-state index contributed by atoms with van der Waals surface area (Å²) < 4.78 is 30.2. The minimum absolute atomic E-state index is 0. The summed E-state index contributed by atoms with van der Waals surface area (Å²) in [7, 11) is -4.57. The first-order chi connectivity index (χ1) is 3.42. The number of hydrogen-bond acceptors (Lipinski definition) is 4. The van der Waals surface area contributed by atoms with Gasteiger partial charge in [-0.2, -0.15) is 8.42 Å². The van der Waals surface area contributed by atoms with Gasteiger partial charge in [0.15, 0.2) is 0 Å². The van der Waals surface area contributed by atoms with Crippen LogP contribution in [-0.2, 0) is 19.4 Å². The van der Waals surface area contributed by atoms with Crippen molar-refractivity contribution in [1.82, 2.24) is 0 Å². The third-order valence-corrected chi connectivity index (χ3v) is 0.668. The standard InChI is InChI=1S/C2H4O5S.Na/c1-2(3)7-8(4,5)6;/h1H3,(H,4,5,6);. The Morgan fingerprint density at radius 2 is 1.89 bits per heavy atom. The molecule has 0 aliphatic carbocycles. The molecule has 49 valence electrons. The van der Waals surface area contributed by atoms with Gasteiger partial charge in [0.05, 0.1) is 0 Å². The van der Waals surface area contributed by atoms with Gasteiger partial charge in [-0.15, -0.1) is 0 Å². The fourth-order valence-electron chi connectivity index (χ4n) is 0.148. The van der Waals surface area contributed by atoms with Crippen molar-refractivity contribution >= 4 is 45.9 Å². The smallest absolute Gasteiger partial charge is 0.325 e. The zero-order valence-corrected chi connectivity index (χ0v) is 7.80. The van der Waals surface area contributed by atoms with Gasteiger partial charge in [0.1, 0.15) is 0 Å². The van der Waals surface area contributed by atoms with E-state index in [-0.39, 0.29) is 29.6 Å². The average Bonchev–Trinajstić information content (AvgIpc) is 1.21. The third-order valence-electron chi connectivity index (χ3n) is 0.223. The van der Waals surface area contributed by atoms with Crippen LogP contribution < -0.4 is 0 Å². The molecule has 0 aromatic rings. The molecular weight excluding hydrogens is 159 g/mol. The van der Waals surface area contributed by atoms with Gasteiger partial charge in [-0.25, -0.2) is 0 Å². The minimum Gasteiger partial charge on any atom is -0.325 e. The van der Waals surface area contributed by atoms with Crippen LogP contribution in [0.25, 0.3) is 0 Å². The maximum Gasteiger partial charge on any atom is 0.448 e. The van der Waals surface area contributed by atoms with Crippen LogP contribution in [0.2, 0.25) is 0 Å². The molecule has 0 spiro atoms. The van der Waals surface area contributed by atoms with Crippen LogP contribution >= 0.6 is 0 Å². The Bertz CT molecular complexity index is 181. The van der Waals surface area contributed by atoms with E-state index in [1.807, 2.05) is 0 Å². The zero-order chi connectivity index (χ0) is 6.78. The van der Waals surface area contributed by atoms with Gasteiger partial charge in [-0.05, 0) is 0 Å². The van der Waals surface area contributed by atoms with Crippen molar-refractivity contribution in [2.24, 2.45) is 0 Å². The normalized spacial score (nSPS) is 9.56. The van der Waals surface area contributed by atoms with Crippen LogP contribution in [0.15, 0.2) is 0 Å². The van der Waals surface area contributed by atoms with Crippen molar-refractivity contribution < 1.29 is 21.9 Å². The summed E-state index contributed by atoms with van der Waals surface area (Å²) in [5, 5.41) is 0. The van der Waals surface area contributed by atoms with Crippen molar-refractivity contribution in [2.75, 3.05) is 0 Å². The Morgan fingerprint density at radius 1 is 1.56 bits per heavy atom. The Labute approximate surface area is 74.6 Å². The van der Waals surface area contributed by atoms with Gasteiger partial charge in [-0.3, -0.25) is 9.35 Å². The molecule has 0 saturated heterocycles. The minimum atomic E-state index is -4.57. The van der Waals surface area contributed by atoms with Crippen LogP contribution in [0.3, 0.4) is 0 Å². The van der Waals surface area contributed by atoms with E-state index in [0.29, 0.717) is 0 Å². The second-order valence-electron chi connectivity index (χ2n) is 1.00. The predicted octanol–water partition coefficient (Wildman–Crippen LogP) is -1.03. The number of carbonyl (C=O) groups excluding carboxylic acids is 1. The first-order valence-electron chi connectivity index (χ1n) is 1.59. The summed E-state index contributed by atoms with van der Waals surface area (Å²) in [5.74, 6) is -1.06. The molecule has 0 aliphatic heterocycles. The molecule has 0 rings (SSSR count). The molecule has 0 atom stereocenters. The van der Waals surface area contributed by atoms with Crippen LogP contribution in [0.1, 0.15) is 6.92 Å². The quantitative estimate of drug-likeness (QED) is 0.395. The summed E-state index contributed by atoms with van der Waals surface area (Å²) in [6.07, 6.45) is 0. The van der Waals surface area contributed by atoms with Crippen molar-refractivity contribution in [3.8, 4) is 0 Å². The molecule has 0 aliphatic rings. The molecule has 0 heterocycles. The molecule has 7 heteroatoms. The first kappa shape index (κ1) is 12.1. The molecule has 1 radical (unpaired) electrons. The monoisotopic (exact) mass is 163 g/mol. The van der Waals surface area contributed by atoms with Gasteiger partial charge in [0.25, 0.3) is 0 Å². The van der Waals surface area contributed by atoms with Crippen LogP contribution in [0, 0.1) is 0 Å². The zero-order valence-electron chi connectivity index (χ0n) is 4.99. The summed E-state index contributed by atoms with van der Waals surface area (Å²) in [6.45, 7) is 0.869. The second-order valence-corrected chi connectivity index (χ2v) is 2.02. The Morgan fingerprint density at radius 3 is 1.89 bits per heavy atom. The van der Waals surface area contributed by atoms with Crippen molar-refractivity contribution in [3.63, 3.8) is 0 Å². The molecule has 5 nitrogen and oxygen atoms in total. The third kappa shape index (κ3) is 11.8. The summed E-state index contributed by atoms with van der Waals surface area (Å²) in [4.78, 5) is 9.70. The van der Waals surface area contributed by atoms with Gasteiger partial charge in [0.2, 0.25) is 0 Å². The maximum atomic E-state index is 9.70. The van der Waals surface area contributed by atoms with Crippen LogP contribution in [0.4, 0.5) is 0 Å². The van der Waals surface area contributed by atoms with E-state index >= 15 is 0 Å². The van der Waals surface area contributed by atoms with E-state index in [4.69, 9.17) is 4.55 Å². The summed E-state index contributed by atoms with van der Waals surface area (Å²) in [5.41, 5.74) is 0. The molecule has 0 unspecified atom stereocenters. The molecule has 0 aromatic heterocycles. The maximum absolute atomic E-state index is 9.70. The van der Waals surface area contributed by atoms with E-state index < -0.39 is 16.4 Å². The van der Waals surface area contributed by atoms with Gasteiger partial charge < -0.3 is 4.18 Å². The molecule has 0 aromatic carbocycles. The summed E-state index contributed by atoms with van der Waals surface area (Å²) in [6, 6.07) is 0. The van der Waals surface area contributed by atoms with Crippen LogP contribution in [0.5, 0.6) is 0 Å². The SMILES string of the molecule is CC(=O)OS(=O)(=O)O.[Na]. The Balaban J connectivity index is 0. The van der Waals surface area contributed by atoms with Crippen molar-refractivity contribution in [1.29, 1.82) is 0 Å². The van der Waals surface area contributed by atoms with E-state index in [1.165, 1.54) is 0 Å².